The fourth-order valence-electron chi connectivity index (χ4n) is 2.32. The largest absolute Gasteiger partial charge is 0.338 e. The van der Waals surface area contributed by atoms with Crippen LogP contribution in [0.15, 0.2) is 33.9 Å². The summed E-state index contributed by atoms with van der Waals surface area (Å²) in [6.45, 7) is 2.65. The highest BCUT2D eigenvalue weighted by molar-refractivity contribution is 7.98. The Morgan fingerprint density at radius 1 is 1.32 bits per heavy atom. The molecule has 132 valence electrons. The number of hydrogen-bond donors (Lipinski definition) is 2. The van der Waals surface area contributed by atoms with Crippen LogP contribution >= 0.6 is 23.5 Å². The Balaban J connectivity index is 1.62. The van der Waals surface area contributed by atoms with Crippen LogP contribution < -0.4 is 5.73 Å². The maximum Gasteiger partial charge on any atom is 0.239 e. The van der Waals surface area contributed by atoms with E-state index < -0.39 is 0 Å². The van der Waals surface area contributed by atoms with Gasteiger partial charge in [-0.1, -0.05) is 40.7 Å². The minimum atomic E-state index is 0.148. The summed E-state index contributed by atoms with van der Waals surface area (Å²) >= 11 is 3.16. The van der Waals surface area contributed by atoms with E-state index >= 15 is 0 Å². The summed E-state index contributed by atoms with van der Waals surface area (Å²) < 4.78 is 5.35. The number of aromatic amines is 1. The van der Waals surface area contributed by atoms with Crippen LogP contribution in [-0.2, 0) is 5.75 Å². The maximum absolute atomic E-state index is 5.62. The number of nitrogens with one attached hydrogen (secondary N) is 1. The van der Waals surface area contributed by atoms with Gasteiger partial charge in [0.05, 0.1) is 11.0 Å². The highest BCUT2D eigenvalue weighted by Crippen LogP contribution is 2.29. The lowest BCUT2D eigenvalue weighted by Gasteiger charge is -2.06. The Kier molecular flexibility index (Phi) is 6.11. The standard InChI is InChI=1S/C16H20N6OS2/c1-10-4-3-5-11(8-10)14-19-16(21-20-14)25-9-13-18-15(23-22-13)12(24-2)6-7-17/h3-5,8,12H,6-7,9,17H2,1-2H3,(H,19,20,21). The predicted molar refractivity (Wildman–Crippen MR) is 100 cm³/mol. The topological polar surface area (TPSA) is 107 Å². The van der Waals surface area contributed by atoms with E-state index in [0.717, 1.165) is 23.0 Å². The first kappa shape index (κ1) is 18.0. The molecule has 0 saturated carbocycles. The molecule has 7 nitrogen and oxygen atoms in total. The molecule has 0 aliphatic carbocycles. The van der Waals surface area contributed by atoms with E-state index in [-0.39, 0.29) is 5.25 Å². The van der Waals surface area contributed by atoms with Crippen molar-refractivity contribution in [3.05, 3.63) is 41.5 Å². The van der Waals surface area contributed by atoms with Gasteiger partial charge in [0.25, 0.3) is 0 Å². The lowest BCUT2D eigenvalue weighted by atomic mass is 10.1. The van der Waals surface area contributed by atoms with Gasteiger partial charge in [-0.3, -0.25) is 0 Å². The van der Waals surface area contributed by atoms with E-state index in [1.807, 2.05) is 18.4 Å². The molecule has 3 rings (SSSR count). The highest BCUT2D eigenvalue weighted by Gasteiger charge is 2.17. The van der Waals surface area contributed by atoms with E-state index in [9.17, 15) is 0 Å². The molecule has 3 N–H and O–H groups in total. The summed E-state index contributed by atoms with van der Waals surface area (Å²) in [5.74, 6) is 2.59. The van der Waals surface area contributed by atoms with Gasteiger partial charge in [-0.05, 0) is 32.2 Å². The van der Waals surface area contributed by atoms with Crippen molar-refractivity contribution < 1.29 is 4.52 Å². The van der Waals surface area contributed by atoms with Crippen LogP contribution in [0.3, 0.4) is 0 Å². The Hall–Kier alpha value is -1.84. The molecule has 1 unspecified atom stereocenters. The maximum atomic E-state index is 5.62. The molecular formula is C16H20N6OS2. The number of hydrogen-bond acceptors (Lipinski definition) is 8. The third kappa shape index (κ3) is 4.62. The van der Waals surface area contributed by atoms with Gasteiger partial charge in [-0.15, -0.1) is 10.2 Å². The number of H-pyrrole nitrogens is 1. The fraction of sp³-hybridized carbons (Fsp3) is 0.375. The van der Waals surface area contributed by atoms with Gasteiger partial charge >= 0.3 is 0 Å². The third-order valence-corrected chi connectivity index (χ3v) is 5.43. The van der Waals surface area contributed by atoms with Gasteiger partial charge in [0.15, 0.2) is 16.8 Å². The minimum absolute atomic E-state index is 0.148. The molecule has 0 bridgehead atoms. The summed E-state index contributed by atoms with van der Waals surface area (Å²) in [4.78, 5) is 7.68. The SMILES string of the molecule is CSC(CCN)c1nc(CSc2nnc(-c3cccc(C)c3)[nH]2)no1. The van der Waals surface area contributed by atoms with E-state index in [4.69, 9.17) is 10.3 Å². The molecule has 3 aromatic rings. The number of thioether (sulfide) groups is 2. The number of aryl methyl sites for hydroxylation is 1. The Morgan fingerprint density at radius 3 is 2.96 bits per heavy atom. The Morgan fingerprint density at radius 2 is 2.20 bits per heavy atom. The molecule has 0 spiro atoms. The molecule has 9 heteroatoms. The van der Waals surface area contributed by atoms with Crippen molar-refractivity contribution in [1.82, 2.24) is 25.3 Å². The third-order valence-electron chi connectivity index (χ3n) is 3.57. The van der Waals surface area contributed by atoms with E-state index in [0.29, 0.717) is 24.0 Å². The smallest absolute Gasteiger partial charge is 0.239 e. The molecule has 0 aliphatic rings. The van der Waals surface area contributed by atoms with Gasteiger partial charge in [-0.25, -0.2) is 0 Å². The van der Waals surface area contributed by atoms with Gasteiger partial charge in [0, 0.05) is 5.56 Å². The zero-order valence-electron chi connectivity index (χ0n) is 14.1. The number of benzene rings is 1. The number of nitrogens with zero attached hydrogens (tertiary/aromatic N) is 4. The molecule has 0 aliphatic heterocycles. The van der Waals surface area contributed by atoms with Crippen molar-refractivity contribution in [2.45, 2.75) is 29.5 Å². The van der Waals surface area contributed by atoms with Crippen LogP contribution in [0.25, 0.3) is 11.4 Å². The van der Waals surface area contributed by atoms with E-state index in [1.54, 1.807) is 11.8 Å². The average Bonchev–Trinajstić information content (AvgIpc) is 3.27. The van der Waals surface area contributed by atoms with Crippen molar-refractivity contribution in [3.8, 4) is 11.4 Å². The van der Waals surface area contributed by atoms with E-state index in [2.05, 4.69) is 44.4 Å². The normalized spacial score (nSPS) is 12.4. The second-order valence-electron chi connectivity index (χ2n) is 5.49. The van der Waals surface area contributed by atoms with Crippen molar-refractivity contribution in [2.75, 3.05) is 12.8 Å². The first-order valence-corrected chi connectivity index (χ1v) is 10.1. The molecule has 25 heavy (non-hydrogen) atoms. The van der Waals surface area contributed by atoms with Crippen molar-refractivity contribution in [3.63, 3.8) is 0 Å². The highest BCUT2D eigenvalue weighted by atomic mass is 32.2. The number of nitrogens with two attached hydrogens (primary N) is 1. The Bertz CT molecular complexity index is 818. The van der Waals surface area contributed by atoms with Crippen molar-refractivity contribution in [1.29, 1.82) is 0 Å². The first-order valence-electron chi connectivity index (χ1n) is 7.87. The van der Waals surface area contributed by atoms with Crippen LogP contribution in [0.2, 0.25) is 0 Å². The fourth-order valence-corrected chi connectivity index (χ4v) is 3.64. The number of aromatic nitrogens is 5. The quantitative estimate of drug-likeness (QED) is 0.577. The van der Waals surface area contributed by atoms with Gasteiger partial charge in [0.2, 0.25) is 5.89 Å². The summed E-state index contributed by atoms with van der Waals surface area (Å²) in [5, 5.41) is 13.3. The van der Waals surface area contributed by atoms with Crippen molar-refractivity contribution in [2.24, 2.45) is 5.73 Å². The van der Waals surface area contributed by atoms with Crippen LogP contribution in [0.1, 0.15) is 28.9 Å². The van der Waals surface area contributed by atoms with Gasteiger partial charge < -0.3 is 15.2 Å². The zero-order chi connectivity index (χ0) is 17.6. The van der Waals surface area contributed by atoms with Crippen LogP contribution in [0.5, 0.6) is 0 Å². The molecule has 1 aromatic carbocycles. The van der Waals surface area contributed by atoms with Crippen molar-refractivity contribution >= 4 is 23.5 Å². The monoisotopic (exact) mass is 376 g/mol. The van der Waals surface area contributed by atoms with Gasteiger partial charge in [-0.2, -0.15) is 16.7 Å². The molecule has 0 fully saturated rings. The van der Waals surface area contributed by atoms with E-state index in [1.165, 1.54) is 17.3 Å². The summed E-state index contributed by atoms with van der Waals surface area (Å²) in [5.41, 5.74) is 7.82. The second-order valence-corrected chi connectivity index (χ2v) is 7.49. The summed E-state index contributed by atoms with van der Waals surface area (Å²) in [6, 6.07) is 8.13. The van der Waals surface area contributed by atoms with Crippen LogP contribution in [-0.4, -0.2) is 38.1 Å². The summed E-state index contributed by atoms with van der Waals surface area (Å²) in [6.07, 6.45) is 2.83. The lowest BCUT2D eigenvalue weighted by Crippen LogP contribution is -2.04. The molecule has 2 heterocycles. The lowest BCUT2D eigenvalue weighted by molar-refractivity contribution is 0.370. The molecule has 0 amide bonds. The molecule has 1 atom stereocenters. The number of rotatable bonds is 8. The first-order chi connectivity index (χ1) is 12.2. The molecule has 2 aromatic heterocycles. The second kappa shape index (κ2) is 8.50. The Labute approximate surface area is 154 Å². The van der Waals surface area contributed by atoms with Gasteiger partial charge in [0.1, 0.15) is 0 Å². The average molecular weight is 377 g/mol. The molecular weight excluding hydrogens is 356 g/mol. The molecule has 0 saturated heterocycles. The zero-order valence-corrected chi connectivity index (χ0v) is 15.7. The predicted octanol–water partition coefficient (Wildman–Crippen LogP) is 3.21. The minimum Gasteiger partial charge on any atom is -0.338 e. The van der Waals surface area contributed by atoms with Crippen LogP contribution in [0, 0.1) is 6.92 Å². The summed E-state index contributed by atoms with van der Waals surface area (Å²) in [7, 11) is 0. The molecule has 0 radical (unpaired) electrons. The van der Waals surface area contributed by atoms with Crippen LogP contribution in [0.4, 0.5) is 0 Å².